The van der Waals surface area contributed by atoms with E-state index in [0.29, 0.717) is 31.4 Å². The van der Waals surface area contributed by atoms with E-state index in [0.717, 1.165) is 0 Å². The summed E-state index contributed by atoms with van der Waals surface area (Å²) in [5.41, 5.74) is 0.701. The van der Waals surface area contributed by atoms with Crippen molar-refractivity contribution in [3.05, 3.63) is 35.9 Å². The summed E-state index contributed by atoms with van der Waals surface area (Å²) in [6.07, 6.45) is 1.47. The van der Waals surface area contributed by atoms with Crippen molar-refractivity contribution in [3.8, 4) is 0 Å². The standard InChI is InChI=1S/C19H28N2O5S/c1-14(2)11-17(19(23)24)20-18(22)16-9-6-10-21(12-16)27(25,26)13-15-7-4-3-5-8-15/h3-5,7-8,14,16-17H,6,9-13H2,1-2H3,(H,20,22)(H,23,24). The summed E-state index contributed by atoms with van der Waals surface area (Å²) in [7, 11) is -3.53. The van der Waals surface area contributed by atoms with Crippen molar-refractivity contribution < 1.29 is 23.1 Å². The first-order valence-corrected chi connectivity index (χ1v) is 10.8. The van der Waals surface area contributed by atoms with Crippen LogP contribution in [0.25, 0.3) is 0 Å². The molecule has 0 spiro atoms. The average molecular weight is 397 g/mol. The van der Waals surface area contributed by atoms with Crippen molar-refractivity contribution in [2.45, 2.75) is 44.9 Å². The van der Waals surface area contributed by atoms with Crippen LogP contribution in [0.5, 0.6) is 0 Å². The molecule has 0 bridgehead atoms. The SMILES string of the molecule is CC(C)CC(NC(=O)C1CCCN(S(=O)(=O)Cc2ccccc2)C1)C(=O)O. The van der Waals surface area contributed by atoms with Gasteiger partial charge in [-0.05, 0) is 30.7 Å². The largest absolute Gasteiger partial charge is 0.480 e. The Balaban J connectivity index is 2.01. The van der Waals surface area contributed by atoms with E-state index in [9.17, 15) is 23.1 Å². The molecule has 1 aromatic rings. The number of nitrogens with zero attached hydrogens (tertiary/aromatic N) is 1. The highest BCUT2D eigenvalue weighted by atomic mass is 32.2. The maximum atomic E-state index is 12.7. The summed E-state index contributed by atoms with van der Waals surface area (Å²) in [6.45, 7) is 4.25. The lowest BCUT2D eigenvalue weighted by Gasteiger charge is -2.32. The van der Waals surface area contributed by atoms with Crippen LogP contribution < -0.4 is 5.32 Å². The normalized spacial score (nSPS) is 19.6. The summed E-state index contributed by atoms with van der Waals surface area (Å²) in [5.74, 6) is -1.96. The third-order valence-electron chi connectivity index (χ3n) is 4.66. The molecule has 1 aliphatic rings. The highest BCUT2D eigenvalue weighted by Gasteiger charge is 2.34. The molecule has 1 heterocycles. The van der Waals surface area contributed by atoms with Gasteiger partial charge in [-0.3, -0.25) is 4.79 Å². The number of carbonyl (C=O) groups excluding carboxylic acids is 1. The van der Waals surface area contributed by atoms with Crippen molar-refractivity contribution in [3.63, 3.8) is 0 Å². The minimum Gasteiger partial charge on any atom is -0.480 e. The lowest BCUT2D eigenvalue weighted by molar-refractivity contribution is -0.143. The van der Waals surface area contributed by atoms with E-state index in [1.165, 1.54) is 4.31 Å². The molecule has 8 heteroatoms. The number of amides is 1. The van der Waals surface area contributed by atoms with Gasteiger partial charge in [-0.25, -0.2) is 17.5 Å². The van der Waals surface area contributed by atoms with Crippen molar-refractivity contribution >= 4 is 21.9 Å². The summed E-state index contributed by atoms with van der Waals surface area (Å²) < 4.78 is 26.8. The molecule has 2 N–H and O–H groups in total. The topological polar surface area (TPSA) is 104 Å². The summed E-state index contributed by atoms with van der Waals surface area (Å²) in [5, 5.41) is 11.9. The van der Waals surface area contributed by atoms with E-state index in [4.69, 9.17) is 0 Å². The Morgan fingerprint density at radius 1 is 1.26 bits per heavy atom. The molecule has 150 valence electrons. The van der Waals surface area contributed by atoms with Crippen LogP contribution in [0.4, 0.5) is 0 Å². The number of benzene rings is 1. The zero-order chi connectivity index (χ0) is 20.0. The molecular formula is C19H28N2O5S. The van der Waals surface area contributed by atoms with Crippen molar-refractivity contribution in [2.24, 2.45) is 11.8 Å². The molecule has 1 saturated heterocycles. The first kappa shape index (κ1) is 21.4. The lowest BCUT2D eigenvalue weighted by Crippen LogP contribution is -2.49. The van der Waals surface area contributed by atoms with Gasteiger partial charge in [0.25, 0.3) is 0 Å². The molecule has 2 unspecified atom stereocenters. The second-order valence-electron chi connectivity index (χ2n) is 7.47. The fourth-order valence-electron chi connectivity index (χ4n) is 3.27. The molecule has 1 aromatic carbocycles. The minimum atomic E-state index is -3.53. The van der Waals surface area contributed by atoms with Crippen molar-refractivity contribution in [1.82, 2.24) is 9.62 Å². The van der Waals surface area contributed by atoms with Crippen molar-refractivity contribution in [2.75, 3.05) is 13.1 Å². The number of carbonyl (C=O) groups is 2. The Morgan fingerprint density at radius 2 is 1.93 bits per heavy atom. The third kappa shape index (κ3) is 6.32. The molecule has 2 rings (SSSR count). The number of carboxylic acids is 1. The molecule has 0 aliphatic carbocycles. The molecule has 1 amide bonds. The predicted molar refractivity (Wildman–Crippen MR) is 102 cm³/mol. The zero-order valence-corrected chi connectivity index (χ0v) is 16.6. The molecule has 1 aliphatic heterocycles. The zero-order valence-electron chi connectivity index (χ0n) is 15.8. The van der Waals surface area contributed by atoms with Crippen LogP contribution in [0.3, 0.4) is 0 Å². The number of hydrogen-bond acceptors (Lipinski definition) is 4. The lowest BCUT2D eigenvalue weighted by atomic mass is 9.97. The molecule has 2 atom stereocenters. The average Bonchev–Trinajstić information content (AvgIpc) is 2.61. The third-order valence-corrected chi connectivity index (χ3v) is 6.48. The molecule has 0 radical (unpaired) electrons. The molecule has 0 aromatic heterocycles. The van der Waals surface area contributed by atoms with Crippen LogP contribution in [-0.4, -0.2) is 48.8 Å². The quantitative estimate of drug-likeness (QED) is 0.698. The Hall–Kier alpha value is -1.93. The first-order valence-electron chi connectivity index (χ1n) is 9.24. The smallest absolute Gasteiger partial charge is 0.326 e. The van der Waals surface area contributed by atoms with Gasteiger partial charge in [-0.2, -0.15) is 0 Å². The van der Waals surface area contributed by atoms with Gasteiger partial charge in [-0.1, -0.05) is 44.2 Å². The summed E-state index contributed by atoms with van der Waals surface area (Å²) in [4.78, 5) is 23.9. The first-order chi connectivity index (χ1) is 12.7. The second kappa shape index (κ2) is 9.32. The van der Waals surface area contributed by atoms with Gasteiger partial charge in [0.05, 0.1) is 11.7 Å². The predicted octanol–water partition coefficient (Wildman–Crippen LogP) is 1.84. The van der Waals surface area contributed by atoms with E-state index in [1.807, 2.05) is 19.9 Å². The molecule has 27 heavy (non-hydrogen) atoms. The van der Waals surface area contributed by atoms with E-state index in [1.54, 1.807) is 24.3 Å². The molecular weight excluding hydrogens is 368 g/mol. The van der Waals surface area contributed by atoms with Gasteiger partial charge in [0, 0.05) is 13.1 Å². The Bertz CT molecular complexity index is 749. The Kier molecular flexibility index (Phi) is 7.38. The number of aliphatic carboxylic acids is 1. The number of piperidine rings is 1. The van der Waals surface area contributed by atoms with Crippen LogP contribution in [0.15, 0.2) is 30.3 Å². The maximum Gasteiger partial charge on any atom is 0.326 e. The summed E-state index contributed by atoms with van der Waals surface area (Å²) in [6, 6.07) is 7.97. The van der Waals surface area contributed by atoms with E-state index in [2.05, 4.69) is 5.32 Å². The van der Waals surface area contributed by atoms with E-state index >= 15 is 0 Å². The van der Waals surface area contributed by atoms with E-state index < -0.39 is 28.0 Å². The van der Waals surface area contributed by atoms with Crippen LogP contribution in [0.1, 0.15) is 38.7 Å². The monoisotopic (exact) mass is 396 g/mol. The van der Waals surface area contributed by atoms with Gasteiger partial charge in [-0.15, -0.1) is 0 Å². The molecule has 7 nitrogen and oxygen atoms in total. The van der Waals surface area contributed by atoms with Crippen LogP contribution in [0, 0.1) is 11.8 Å². The summed E-state index contributed by atoms with van der Waals surface area (Å²) >= 11 is 0. The van der Waals surface area contributed by atoms with Gasteiger partial charge >= 0.3 is 5.97 Å². The van der Waals surface area contributed by atoms with Gasteiger partial charge in [0.1, 0.15) is 6.04 Å². The van der Waals surface area contributed by atoms with Crippen LogP contribution >= 0.6 is 0 Å². The number of hydrogen-bond donors (Lipinski definition) is 2. The molecule has 0 saturated carbocycles. The second-order valence-corrected chi connectivity index (χ2v) is 9.44. The fourth-order valence-corrected chi connectivity index (χ4v) is 4.88. The Morgan fingerprint density at radius 3 is 2.52 bits per heavy atom. The van der Waals surface area contributed by atoms with Gasteiger partial charge in [0.15, 0.2) is 0 Å². The highest BCUT2D eigenvalue weighted by molar-refractivity contribution is 7.88. The minimum absolute atomic E-state index is 0.0923. The maximum absolute atomic E-state index is 12.7. The fraction of sp³-hybridized carbons (Fsp3) is 0.579. The number of rotatable bonds is 8. The Labute approximate surface area is 160 Å². The van der Waals surface area contributed by atoms with Crippen LogP contribution in [0.2, 0.25) is 0 Å². The van der Waals surface area contributed by atoms with Gasteiger partial charge < -0.3 is 10.4 Å². The van der Waals surface area contributed by atoms with Crippen molar-refractivity contribution in [1.29, 1.82) is 0 Å². The van der Waals surface area contributed by atoms with E-state index in [-0.39, 0.29) is 24.1 Å². The number of carboxylic acid groups (broad SMARTS) is 1. The molecule has 1 fully saturated rings. The van der Waals surface area contributed by atoms with Crippen LogP contribution in [-0.2, 0) is 25.4 Å². The number of sulfonamides is 1. The number of nitrogens with one attached hydrogen (secondary N) is 1. The van der Waals surface area contributed by atoms with Gasteiger partial charge in [0.2, 0.25) is 15.9 Å². The highest BCUT2D eigenvalue weighted by Crippen LogP contribution is 2.22.